The van der Waals surface area contributed by atoms with Crippen molar-refractivity contribution in [3.63, 3.8) is 0 Å². The van der Waals surface area contributed by atoms with E-state index in [0.717, 1.165) is 11.3 Å². The van der Waals surface area contributed by atoms with Crippen molar-refractivity contribution in [2.24, 2.45) is 4.40 Å². The highest BCUT2D eigenvalue weighted by Gasteiger charge is 2.34. The smallest absolute Gasteiger partial charge is 0.341 e. The molecule has 166 valence electrons. The molecule has 4 rings (SSSR count). The van der Waals surface area contributed by atoms with E-state index in [1.54, 1.807) is 24.1 Å². The second kappa shape index (κ2) is 7.88. The molecule has 0 radical (unpaired) electrons. The molecule has 0 spiro atoms. The topological polar surface area (TPSA) is 139 Å². The molecule has 3 aliphatic rings. The molecule has 0 fully saturated rings. The maximum atomic E-state index is 13.0. The van der Waals surface area contributed by atoms with Gasteiger partial charge in [0, 0.05) is 17.6 Å². The van der Waals surface area contributed by atoms with Crippen LogP contribution in [0.1, 0.15) is 27.7 Å². The van der Waals surface area contributed by atoms with Crippen LogP contribution >= 0.6 is 11.3 Å². The highest BCUT2D eigenvalue weighted by atomic mass is 32.2. The fourth-order valence-electron chi connectivity index (χ4n) is 3.49. The van der Waals surface area contributed by atoms with Crippen LogP contribution in [0.15, 0.2) is 28.3 Å². The highest BCUT2D eigenvalue weighted by Crippen LogP contribution is 2.38. The first-order valence-electron chi connectivity index (χ1n) is 9.42. The Morgan fingerprint density at radius 1 is 1.26 bits per heavy atom. The summed E-state index contributed by atoms with van der Waals surface area (Å²) in [5.74, 6) is -1.75. The molecule has 0 aromatic carbocycles. The maximum absolute atomic E-state index is 13.0. The minimum atomic E-state index is -3.68. The minimum absolute atomic E-state index is 0.00725. The SMILES string of the molecule is CCOC(=O)c1c(NC(=O)C2=CC=CN3CCS(=O)(=O)N=C23)sc2c1CCS(=O)(=O)C2. The molecule has 3 aliphatic heterocycles. The Morgan fingerprint density at radius 2 is 2.03 bits per heavy atom. The van der Waals surface area contributed by atoms with Gasteiger partial charge in [-0.1, -0.05) is 0 Å². The third-order valence-electron chi connectivity index (χ3n) is 4.91. The molecular formula is C18H19N3O7S3. The highest BCUT2D eigenvalue weighted by molar-refractivity contribution is 7.90. The molecule has 1 amide bonds. The number of carbonyl (C=O) groups is 2. The maximum Gasteiger partial charge on any atom is 0.341 e. The first-order chi connectivity index (χ1) is 14.6. The number of sulfone groups is 1. The number of rotatable bonds is 4. The standard InChI is InChI=1S/C18H19N3O7S3/c1-2-28-18(23)14-11-5-8-30(24,25)10-13(11)29-17(14)19-16(22)12-4-3-6-21-7-9-31(26,27)20-15(12)21/h3-4,6H,2,5,7-10H2,1H3,(H,19,22). The summed E-state index contributed by atoms with van der Waals surface area (Å²) in [5.41, 5.74) is 0.733. The second-order valence-electron chi connectivity index (χ2n) is 7.04. The summed E-state index contributed by atoms with van der Waals surface area (Å²) in [5, 5.41) is 2.82. The zero-order valence-corrected chi connectivity index (χ0v) is 18.9. The Labute approximate surface area is 183 Å². The van der Waals surface area contributed by atoms with Crippen molar-refractivity contribution < 1.29 is 31.2 Å². The van der Waals surface area contributed by atoms with Crippen LogP contribution in [-0.2, 0) is 41.6 Å². The Balaban J connectivity index is 1.71. The van der Waals surface area contributed by atoms with Crippen molar-refractivity contribution in [1.29, 1.82) is 0 Å². The van der Waals surface area contributed by atoms with Gasteiger partial charge >= 0.3 is 5.97 Å². The minimum Gasteiger partial charge on any atom is -0.462 e. The van der Waals surface area contributed by atoms with E-state index in [2.05, 4.69) is 9.71 Å². The number of anilines is 1. The number of allylic oxidation sites excluding steroid dienone is 2. The predicted octanol–water partition coefficient (Wildman–Crippen LogP) is 0.832. The Kier molecular flexibility index (Phi) is 5.52. The van der Waals surface area contributed by atoms with E-state index in [1.165, 1.54) is 6.08 Å². The second-order valence-corrected chi connectivity index (χ2v) is 12.1. The number of hydrogen-bond donors (Lipinski definition) is 1. The van der Waals surface area contributed by atoms with Gasteiger partial charge < -0.3 is 15.0 Å². The van der Waals surface area contributed by atoms with Gasteiger partial charge in [-0.25, -0.2) is 21.6 Å². The van der Waals surface area contributed by atoms with Gasteiger partial charge in [-0.05, 0) is 31.1 Å². The monoisotopic (exact) mass is 485 g/mol. The van der Waals surface area contributed by atoms with Crippen molar-refractivity contribution in [2.75, 3.05) is 30.0 Å². The number of nitrogens with zero attached hydrogens (tertiary/aromatic N) is 2. The van der Waals surface area contributed by atoms with E-state index in [0.29, 0.717) is 10.4 Å². The number of amidine groups is 1. The molecule has 1 aromatic rings. The van der Waals surface area contributed by atoms with Crippen LogP contribution in [-0.4, -0.2) is 64.1 Å². The van der Waals surface area contributed by atoms with Gasteiger partial charge in [-0.3, -0.25) is 4.79 Å². The zero-order valence-electron chi connectivity index (χ0n) is 16.5. The molecule has 0 unspecified atom stereocenters. The van der Waals surface area contributed by atoms with Gasteiger partial charge in [0.25, 0.3) is 15.9 Å². The number of hydrogen-bond acceptors (Lipinski definition) is 9. The van der Waals surface area contributed by atoms with Gasteiger partial charge in [-0.2, -0.15) is 0 Å². The van der Waals surface area contributed by atoms with Crippen LogP contribution in [0.4, 0.5) is 5.00 Å². The molecule has 0 bridgehead atoms. The van der Waals surface area contributed by atoms with E-state index in [4.69, 9.17) is 4.74 Å². The molecule has 13 heteroatoms. The molecular weight excluding hydrogens is 466 g/mol. The van der Waals surface area contributed by atoms with E-state index < -0.39 is 31.7 Å². The third-order valence-corrected chi connectivity index (χ3v) is 8.95. The van der Waals surface area contributed by atoms with Crippen molar-refractivity contribution in [3.8, 4) is 0 Å². The van der Waals surface area contributed by atoms with Crippen LogP contribution < -0.4 is 5.32 Å². The van der Waals surface area contributed by atoms with Crippen molar-refractivity contribution in [2.45, 2.75) is 19.1 Å². The summed E-state index contributed by atoms with van der Waals surface area (Å²) in [6, 6.07) is 0. The van der Waals surface area contributed by atoms with Crippen molar-refractivity contribution in [1.82, 2.24) is 4.90 Å². The normalized spacial score (nSPS) is 20.7. The van der Waals surface area contributed by atoms with E-state index >= 15 is 0 Å². The molecule has 0 aliphatic carbocycles. The summed E-state index contributed by atoms with van der Waals surface area (Å²) < 4.78 is 56.7. The first kappa shape index (κ1) is 21.7. The molecule has 10 nitrogen and oxygen atoms in total. The Hall–Kier alpha value is -2.51. The summed E-state index contributed by atoms with van der Waals surface area (Å²) in [7, 11) is -6.97. The van der Waals surface area contributed by atoms with Gasteiger partial charge in [0.1, 0.15) is 5.00 Å². The zero-order chi connectivity index (χ0) is 22.4. The largest absolute Gasteiger partial charge is 0.462 e. The van der Waals surface area contributed by atoms with Crippen LogP contribution in [0.3, 0.4) is 0 Å². The summed E-state index contributed by atoms with van der Waals surface area (Å²) in [4.78, 5) is 27.7. The summed E-state index contributed by atoms with van der Waals surface area (Å²) in [6.45, 7) is 1.94. The van der Waals surface area contributed by atoms with Gasteiger partial charge in [0.15, 0.2) is 15.7 Å². The van der Waals surface area contributed by atoms with Crippen LogP contribution in [0.25, 0.3) is 0 Å². The Morgan fingerprint density at radius 3 is 2.77 bits per heavy atom. The van der Waals surface area contributed by atoms with Gasteiger partial charge in [-0.15, -0.1) is 15.7 Å². The lowest BCUT2D eigenvalue weighted by molar-refractivity contribution is -0.112. The summed E-state index contributed by atoms with van der Waals surface area (Å²) in [6.07, 6.45) is 4.82. The number of ether oxygens (including phenoxy) is 1. The number of thiophene rings is 1. The molecule has 31 heavy (non-hydrogen) atoms. The van der Waals surface area contributed by atoms with E-state index in [1.807, 2.05) is 0 Å². The average molecular weight is 486 g/mol. The van der Waals surface area contributed by atoms with Gasteiger partial charge in [0.05, 0.1) is 35.0 Å². The molecule has 0 saturated heterocycles. The van der Waals surface area contributed by atoms with Crippen LogP contribution in [0.2, 0.25) is 0 Å². The van der Waals surface area contributed by atoms with Crippen molar-refractivity contribution in [3.05, 3.63) is 39.9 Å². The fraction of sp³-hybridized carbons (Fsp3) is 0.389. The number of sulfonamides is 1. The molecule has 4 heterocycles. The first-order valence-corrected chi connectivity index (χ1v) is 13.7. The number of nitrogens with one attached hydrogen (secondary N) is 1. The number of esters is 1. The number of carbonyl (C=O) groups excluding carboxylic acids is 2. The Bertz CT molecular complexity index is 1270. The molecule has 1 aromatic heterocycles. The quantitative estimate of drug-likeness (QED) is 0.619. The summed E-state index contributed by atoms with van der Waals surface area (Å²) >= 11 is 1.01. The lowest BCUT2D eigenvalue weighted by atomic mass is 10.1. The predicted molar refractivity (Wildman–Crippen MR) is 115 cm³/mol. The fourth-order valence-corrected chi connectivity index (χ4v) is 7.51. The molecule has 1 N–H and O–H groups in total. The van der Waals surface area contributed by atoms with Crippen LogP contribution in [0.5, 0.6) is 0 Å². The lowest BCUT2D eigenvalue weighted by Crippen LogP contribution is -2.40. The number of amides is 1. The third kappa shape index (κ3) is 4.29. The lowest BCUT2D eigenvalue weighted by Gasteiger charge is -2.28. The van der Waals surface area contributed by atoms with Crippen LogP contribution in [0, 0.1) is 0 Å². The number of fused-ring (bicyclic) bond motifs is 2. The van der Waals surface area contributed by atoms with E-state index in [9.17, 15) is 26.4 Å². The van der Waals surface area contributed by atoms with E-state index in [-0.39, 0.29) is 58.8 Å². The molecule has 0 atom stereocenters. The van der Waals surface area contributed by atoms with Gasteiger partial charge in [0.2, 0.25) is 0 Å². The average Bonchev–Trinajstić information content (AvgIpc) is 3.02. The van der Waals surface area contributed by atoms with Crippen molar-refractivity contribution >= 4 is 53.9 Å². The molecule has 0 saturated carbocycles.